The molecule has 0 aliphatic rings. The Morgan fingerprint density at radius 1 is 1.00 bits per heavy atom. The number of ether oxygens (including phenoxy) is 1. The first-order valence-electron chi connectivity index (χ1n) is 8.99. The Labute approximate surface area is 171 Å². The number of aliphatic carboxylic acids is 1. The Balaban J connectivity index is 1.76. The molecule has 0 aliphatic heterocycles. The van der Waals surface area contributed by atoms with Crippen LogP contribution in [-0.4, -0.2) is 43.8 Å². The molecular weight excluding hydrogens is 390 g/mol. The highest BCUT2D eigenvalue weighted by Gasteiger charge is 2.25. The number of carboxylic acid groups (broad SMARTS) is 2. The molecular formula is C21H19N3O6. The Morgan fingerprint density at radius 2 is 1.63 bits per heavy atom. The lowest BCUT2D eigenvalue weighted by molar-refractivity contribution is -0.139. The van der Waals surface area contributed by atoms with E-state index in [-0.39, 0.29) is 24.5 Å². The molecule has 0 radical (unpaired) electrons. The summed E-state index contributed by atoms with van der Waals surface area (Å²) in [4.78, 5) is 39.2. The van der Waals surface area contributed by atoms with Gasteiger partial charge in [-0.2, -0.15) is 0 Å². The van der Waals surface area contributed by atoms with Crippen LogP contribution in [0.5, 0.6) is 0 Å². The van der Waals surface area contributed by atoms with E-state index in [1.54, 1.807) is 54.6 Å². The Kier molecular flexibility index (Phi) is 6.43. The number of aromatic carboxylic acids is 1. The van der Waals surface area contributed by atoms with Gasteiger partial charge in [0.25, 0.3) is 0 Å². The monoisotopic (exact) mass is 409 g/mol. The van der Waals surface area contributed by atoms with E-state index in [4.69, 9.17) is 4.74 Å². The predicted octanol–water partition coefficient (Wildman–Crippen LogP) is 2.63. The van der Waals surface area contributed by atoms with Gasteiger partial charge in [-0.15, -0.1) is 0 Å². The van der Waals surface area contributed by atoms with Crippen LogP contribution in [0.3, 0.4) is 0 Å². The van der Waals surface area contributed by atoms with Crippen molar-refractivity contribution in [1.82, 2.24) is 14.9 Å². The summed E-state index contributed by atoms with van der Waals surface area (Å²) in [6, 6.07) is 16.2. The van der Waals surface area contributed by atoms with Crippen LogP contribution in [0, 0.1) is 0 Å². The maximum atomic E-state index is 12.1. The molecule has 1 aromatic heterocycles. The average molecular weight is 409 g/mol. The number of carbonyl (C=O) groups excluding carboxylic acids is 1. The lowest BCUT2D eigenvalue weighted by Crippen LogP contribution is -2.43. The number of rotatable bonds is 8. The second-order valence-corrected chi connectivity index (χ2v) is 6.36. The molecule has 1 heterocycles. The Hall–Kier alpha value is -4.14. The summed E-state index contributed by atoms with van der Waals surface area (Å²) in [5.74, 6) is -2.54. The number of carbonyl (C=O) groups is 3. The summed E-state index contributed by atoms with van der Waals surface area (Å²) < 4.78 is 6.46. The summed E-state index contributed by atoms with van der Waals surface area (Å²) in [7, 11) is 0. The number of hydrogen-bond donors (Lipinski definition) is 3. The van der Waals surface area contributed by atoms with Crippen LogP contribution < -0.4 is 5.32 Å². The minimum absolute atomic E-state index is 0.0114. The van der Waals surface area contributed by atoms with Crippen molar-refractivity contribution in [2.75, 3.05) is 0 Å². The molecule has 1 atom stereocenters. The van der Waals surface area contributed by atoms with Gasteiger partial charge >= 0.3 is 18.0 Å². The molecule has 0 unspecified atom stereocenters. The molecule has 9 nitrogen and oxygen atoms in total. The molecule has 3 aromatic rings. The minimum Gasteiger partial charge on any atom is -0.480 e. The van der Waals surface area contributed by atoms with Gasteiger partial charge in [-0.1, -0.05) is 60.7 Å². The van der Waals surface area contributed by atoms with Crippen molar-refractivity contribution in [3.8, 4) is 11.3 Å². The number of amides is 1. The lowest BCUT2D eigenvalue weighted by atomic mass is 10.1. The first-order valence-corrected chi connectivity index (χ1v) is 8.99. The SMILES string of the molecule is O=C(N[C@H](Cn1cnc(C(=O)O)c1-c1ccccc1)C(=O)O)OCc1ccccc1. The van der Waals surface area contributed by atoms with Gasteiger partial charge in [0.05, 0.1) is 18.6 Å². The molecule has 30 heavy (non-hydrogen) atoms. The predicted molar refractivity (Wildman–Crippen MR) is 106 cm³/mol. The van der Waals surface area contributed by atoms with E-state index in [1.165, 1.54) is 10.9 Å². The van der Waals surface area contributed by atoms with Gasteiger partial charge in [0.1, 0.15) is 12.6 Å². The van der Waals surface area contributed by atoms with Crippen molar-refractivity contribution in [3.05, 3.63) is 78.2 Å². The van der Waals surface area contributed by atoms with E-state index in [0.29, 0.717) is 5.56 Å². The third kappa shape index (κ3) is 5.02. The zero-order valence-corrected chi connectivity index (χ0v) is 15.8. The van der Waals surface area contributed by atoms with Crippen molar-refractivity contribution in [3.63, 3.8) is 0 Å². The molecule has 3 N–H and O–H groups in total. The van der Waals surface area contributed by atoms with E-state index in [2.05, 4.69) is 10.3 Å². The molecule has 0 saturated carbocycles. The second kappa shape index (κ2) is 9.37. The molecule has 0 bridgehead atoms. The van der Waals surface area contributed by atoms with Gasteiger partial charge in [-0.25, -0.2) is 19.4 Å². The first-order chi connectivity index (χ1) is 14.5. The standard InChI is InChI=1S/C21H19N3O6/c25-19(26)16(23-21(29)30-12-14-7-3-1-4-8-14)11-24-13-22-17(20(27)28)18(24)15-9-5-2-6-10-15/h1-10,13,16H,11-12H2,(H,23,29)(H,25,26)(H,27,28)/t16-/m1/s1. The lowest BCUT2D eigenvalue weighted by Gasteiger charge is -2.17. The van der Waals surface area contributed by atoms with Crippen LogP contribution in [0.15, 0.2) is 67.0 Å². The van der Waals surface area contributed by atoms with Crippen LogP contribution in [0.1, 0.15) is 16.1 Å². The molecule has 154 valence electrons. The third-order valence-electron chi connectivity index (χ3n) is 4.27. The molecule has 0 aliphatic carbocycles. The maximum Gasteiger partial charge on any atom is 0.408 e. The molecule has 0 saturated heterocycles. The Morgan fingerprint density at radius 3 is 2.23 bits per heavy atom. The average Bonchev–Trinajstić information content (AvgIpc) is 3.17. The van der Waals surface area contributed by atoms with Crippen molar-refractivity contribution in [1.29, 1.82) is 0 Å². The zero-order valence-electron chi connectivity index (χ0n) is 15.8. The van der Waals surface area contributed by atoms with Crippen LogP contribution in [0.25, 0.3) is 11.3 Å². The molecule has 9 heteroatoms. The smallest absolute Gasteiger partial charge is 0.408 e. The van der Waals surface area contributed by atoms with Crippen LogP contribution in [0.2, 0.25) is 0 Å². The highest BCUT2D eigenvalue weighted by atomic mass is 16.5. The largest absolute Gasteiger partial charge is 0.480 e. The number of aromatic nitrogens is 2. The highest BCUT2D eigenvalue weighted by molar-refractivity contribution is 5.93. The number of nitrogens with zero attached hydrogens (tertiary/aromatic N) is 2. The van der Waals surface area contributed by atoms with Crippen LogP contribution in [0.4, 0.5) is 4.79 Å². The molecule has 2 aromatic carbocycles. The van der Waals surface area contributed by atoms with E-state index in [1.807, 2.05) is 6.07 Å². The quantitative estimate of drug-likeness (QED) is 0.521. The summed E-state index contributed by atoms with van der Waals surface area (Å²) in [5, 5.41) is 21.2. The zero-order chi connectivity index (χ0) is 21.5. The summed E-state index contributed by atoms with van der Waals surface area (Å²) >= 11 is 0. The Bertz CT molecular complexity index is 1030. The fourth-order valence-electron chi connectivity index (χ4n) is 2.87. The van der Waals surface area contributed by atoms with Crippen molar-refractivity contribution in [2.45, 2.75) is 19.2 Å². The summed E-state index contributed by atoms with van der Waals surface area (Å²) in [6.45, 7) is -0.247. The fourth-order valence-corrected chi connectivity index (χ4v) is 2.87. The third-order valence-corrected chi connectivity index (χ3v) is 4.27. The second-order valence-electron chi connectivity index (χ2n) is 6.36. The number of hydrogen-bond acceptors (Lipinski definition) is 5. The number of benzene rings is 2. The fraction of sp³-hybridized carbons (Fsp3) is 0.143. The van der Waals surface area contributed by atoms with Gasteiger partial charge < -0.3 is 24.8 Å². The van der Waals surface area contributed by atoms with Crippen molar-refractivity contribution < 1.29 is 29.3 Å². The van der Waals surface area contributed by atoms with Crippen LogP contribution >= 0.6 is 0 Å². The van der Waals surface area contributed by atoms with Gasteiger partial charge in [0.2, 0.25) is 0 Å². The maximum absolute atomic E-state index is 12.1. The molecule has 0 spiro atoms. The number of nitrogens with one attached hydrogen (secondary N) is 1. The number of carboxylic acids is 2. The van der Waals surface area contributed by atoms with Crippen LogP contribution in [-0.2, 0) is 22.7 Å². The van der Waals surface area contributed by atoms with E-state index in [0.717, 1.165) is 5.56 Å². The number of imidazole rings is 1. The van der Waals surface area contributed by atoms with E-state index >= 15 is 0 Å². The van der Waals surface area contributed by atoms with E-state index in [9.17, 15) is 24.6 Å². The number of alkyl carbamates (subject to hydrolysis) is 1. The van der Waals surface area contributed by atoms with E-state index < -0.39 is 24.1 Å². The minimum atomic E-state index is -1.36. The molecule has 0 fully saturated rings. The van der Waals surface area contributed by atoms with Crippen molar-refractivity contribution >= 4 is 18.0 Å². The highest BCUT2D eigenvalue weighted by Crippen LogP contribution is 2.23. The molecule has 1 amide bonds. The van der Waals surface area contributed by atoms with Gasteiger partial charge in [-0.05, 0) is 5.56 Å². The normalized spacial score (nSPS) is 11.5. The van der Waals surface area contributed by atoms with Gasteiger partial charge in [0.15, 0.2) is 5.69 Å². The summed E-state index contributed by atoms with van der Waals surface area (Å²) in [5.41, 5.74) is 1.35. The molecule has 3 rings (SSSR count). The summed E-state index contributed by atoms with van der Waals surface area (Å²) in [6.07, 6.45) is 0.338. The van der Waals surface area contributed by atoms with Crippen molar-refractivity contribution in [2.24, 2.45) is 0 Å². The van der Waals surface area contributed by atoms with Gasteiger partial charge in [-0.3, -0.25) is 0 Å². The van der Waals surface area contributed by atoms with Gasteiger partial charge in [0, 0.05) is 5.56 Å². The first kappa shape index (κ1) is 20.6. The topological polar surface area (TPSA) is 131 Å².